The van der Waals surface area contributed by atoms with Crippen LogP contribution in [0.1, 0.15) is 24.7 Å². The number of aliphatic hydroxyl groups excluding tert-OH is 1. The first-order valence-electron chi connectivity index (χ1n) is 4.65. The second-order valence-electron chi connectivity index (χ2n) is 3.26. The van der Waals surface area contributed by atoms with E-state index in [2.05, 4.69) is 16.8 Å². The molecule has 0 amide bonds. The van der Waals surface area contributed by atoms with E-state index in [-0.39, 0.29) is 6.61 Å². The number of nitrogens with zero attached hydrogens (tertiary/aromatic N) is 3. The summed E-state index contributed by atoms with van der Waals surface area (Å²) in [6.45, 7) is 3.64. The van der Waals surface area contributed by atoms with E-state index >= 15 is 0 Å². The van der Waals surface area contributed by atoms with Crippen LogP contribution in [0.3, 0.4) is 0 Å². The molecule has 4 nitrogen and oxygen atoms in total. The average Bonchev–Trinajstić information content (AvgIpc) is 2.96. The highest BCUT2D eigenvalue weighted by atomic mass is 32.2. The van der Waals surface area contributed by atoms with Crippen LogP contribution in [0.4, 0.5) is 0 Å². The van der Waals surface area contributed by atoms with Gasteiger partial charge in [0.2, 0.25) is 0 Å². The molecular weight excluding hydrogens is 198 g/mol. The Morgan fingerprint density at radius 1 is 1.57 bits per heavy atom. The number of aromatic nitrogens is 3. The van der Waals surface area contributed by atoms with Gasteiger partial charge in [-0.2, -0.15) is 0 Å². The van der Waals surface area contributed by atoms with Crippen molar-refractivity contribution in [3.63, 3.8) is 0 Å². The van der Waals surface area contributed by atoms with Crippen molar-refractivity contribution < 1.29 is 5.11 Å². The summed E-state index contributed by atoms with van der Waals surface area (Å²) in [4.78, 5) is 0. The van der Waals surface area contributed by atoms with Gasteiger partial charge in [-0.25, -0.2) is 0 Å². The second kappa shape index (κ2) is 4.14. The first-order valence-corrected chi connectivity index (χ1v) is 5.63. The van der Waals surface area contributed by atoms with Gasteiger partial charge in [-0.15, -0.1) is 16.8 Å². The highest BCUT2D eigenvalue weighted by Gasteiger charge is 2.29. The number of hydrogen-bond donors (Lipinski definition) is 1. The largest absolute Gasteiger partial charge is 0.388 e. The lowest BCUT2D eigenvalue weighted by Crippen LogP contribution is -2.02. The molecule has 76 valence electrons. The van der Waals surface area contributed by atoms with Crippen molar-refractivity contribution in [1.82, 2.24) is 14.8 Å². The molecule has 0 spiro atoms. The fourth-order valence-corrected chi connectivity index (χ4v) is 2.11. The zero-order valence-electron chi connectivity index (χ0n) is 7.89. The summed E-state index contributed by atoms with van der Waals surface area (Å²) in [5, 5.41) is 18.0. The van der Waals surface area contributed by atoms with E-state index in [0.29, 0.717) is 11.9 Å². The van der Waals surface area contributed by atoms with Crippen molar-refractivity contribution in [3.05, 3.63) is 18.5 Å². The number of hydrogen-bond acceptors (Lipinski definition) is 4. The van der Waals surface area contributed by atoms with Gasteiger partial charge < -0.3 is 9.67 Å². The van der Waals surface area contributed by atoms with E-state index in [1.54, 1.807) is 11.8 Å². The average molecular weight is 211 g/mol. The second-order valence-corrected chi connectivity index (χ2v) is 4.24. The topological polar surface area (TPSA) is 50.9 Å². The molecule has 0 aromatic carbocycles. The van der Waals surface area contributed by atoms with Crippen molar-refractivity contribution in [2.45, 2.75) is 30.6 Å². The molecule has 1 saturated carbocycles. The maximum Gasteiger partial charge on any atom is 0.191 e. The van der Waals surface area contributed by atoms with E-state index in [1.807, 2.05) is 10.6 Å². The predicted molar refractivity (Wildman–Crippen MR) is 55.1 cm³/mol. The SMILES string of the molecule is C=CCSc1nnc(CO)n1C1CC1. The summed E-state index contributed by atoms with van der Waals surface area (Å²) in [6.07, 6.45) is 4.19. The first kappa shape index (κ1) is 9.73. The normalized spacial score (nSPS) is 15.8. The van der Waals surface area contributed by atoms with Crippen LogP contribution in [-0.4, -0.2) is 25.6 Å². The zero-order valence-corrected chi connectivity index (χ0v) is 8.70. The molecule has 1 aliphatic rings. The fourth-order valence-electron chi connectivity index (χ4n) is 1.35. The highest BCUT2D eigenvalue weighted by molar-refractivity contribution is 7.99. The molecule has 1 fully saturated rings. The maximum atomic E-state index is 9.08. The molecule has 0 saturated heterocycles. The molecule has 0 unspecified atom stereocenters. The van der Waals surface area contributed by atoms with Crippen LogP contribution in [-0.2, 0) is 6.61 Å². The van der Waals surface area contributed by atoms with Gasteiger partial charge in [0.25, 0.3) is 0 Å². The van der Waals surface area contributed by atoms with Crippen LogP contribution in [0, 0.1) is 0 Å². The molecule has 0 radical (unpaired) electrons. The Hall–Kier alpha value is -0.810. The summed E-state index contributed by atoms with van der Waals surface area (Å²) < 4.78 is 2.05. The van der Waals surface area contributed by atoms with Crippen molar-refractivity contribution in [3.8, 4) is 0 Å². The lowest BCUT2D eigenvalue weighted by atomic mass is 10.6. The fraction of sp³-hybridized carbons (Fsp3) is 0.556. The zero-order chi connectivity index (χ0) is 9.97. The minimum Gasteiger partial charge on any atom is -0.388 e. The van der Waals surface area contributed by atoms with E-state index in [1.165, 1.54) is 12.8 Å². The van der Waals surface area contributed by atoms with Gasteiger partial charge in [-0.1, -0.05) is 17.8 Å². The van der Waals surface area contributed by atoms with Crippen LogP contribution in [0.5, 0.6) is 0 Å². The number of thioether (sulfide) groups is 1. The predicted octanol–water partition coefficient (Wildman–Crippen LogP) is 1.38. The monoisotopic (exact) mass is 211 g/mol. The van der Waals surface area contributed by atoms with Gasteiger partial charge in [-0.05, 0) is 12.8 Å². The van der Waals surface area contributed by atoms with E-state index in [9.17, 15) is 0 Å². The molecule has 1 heterocycles. The van der Waals surface area contributed by atoms with Crippen LogP contribution < -0.4 is 0 Å². The van der Waals surface area contributed by atoms with Gasteiger partial charge >= 0.3 is 0 Å². The van der Waals surface area contributed by atoms with Gasteiger partial charge in [0, 0.05) is 11.8 Å². The molecule has 5 heteroatoms. The summed E-state index contributed by atoms with van der Waals surface area (Å²) in [6, 6.07) is 0.513. The third-order valence-corrected chi connectivity index (χ3v) is 3.06. The Bertz CT molecular complexity index is 333. The van der Waals surface area contributed by atoms with Crippen LogP contribution in [0.25, 0.3) is 0 Å². The van der Waals surface area contributed by atoms with E-state index in [0.717, 1.165) is 10.9 Å². The smallest absolute Gasteiger partial charge is 0.191 e. The highest BCUT2D eigenvalue weighted by Crippen LogP contribution is 2.38. The molecule has 1 aliphatic carbocycles. The molecule has 2 rings (SSSR count). The summed E-state index contributed by atoms with van der Waals surface area (Å²) in [5.41, 5.74) is 0. The van der Waals surface area contributed by atoms with Crippen molar-refractivity contribution in [1.29, 1.82) is 0 Å². The standard InChI is InChI=1S/C9H13N3OS/c1-2-5-14-9-11-10-8(6-13)12(9)7-3-4-7/h2,7,13H,1,3-6H2. The molecule has 14 heavy (non-hydrogen) atoms. The third kappa shape index (κ3) is 1.83. The van der Waals surface area contributed by atoms with Crippen LogP contribution in [0.2, 0.25) is 0 Å². The third-order valence-electron chi connectivity index (χ3n) is 2.12. The quantitative estimate of drug-likeness (QED) is 0.590. The molecule has 1 N–H and O–H groups in total. The Kier molecular flexibility index (Phi) is 2.88. The Labute approximate surface area is 87.0 Å². The van der Waals surface area contributed by atoms with Gasteiger partial charge in [0.1, 0.15) is 6.61 Å². The van der Waals surface area contributed by atoms with Gasteiger partial charge in [-0.3, -0.25) is 0 Å². The summed E-state index contributed by atoms with van der Waals surface area (Å²) >= 11 is 1.61. The molecule has 0 atom stereocenters. The van der Waals surface area contributed by atoms with E-state index in [4.69, 9.17) is 5.11 Å². The Morgan fingerprint density at radius 3 is 2.93 bits per heavy atom. The Morgan fingerprint density at radius 2 is 2.36 bits per heavy atom. The summed E-state index contributed by atoms with van der Waals surface area (Å²) in [5.74, 6) is 1.51. The molecule has 1 aromatic heterocycles. The van der Waals surface area contributed by atoms with Crippen LogP contribution >= 0.6 is 11.8 Å². The Balaban J connectivity index is 2.20. The van der Waals surface area contributed by atoms with Crippen molar-refractivity contribution in [2.24, 2.45) is 0 Å². The molecule has 0 aliphatic heterocycles. The molecule has 1 aromatic rings. The molecule has 0 bridgehead atoms. The van der Waals surface area contributed by atoms with Gasteiger partial charge in [0.05, 0.1) is 0 Å². The first-order chi connectivity index (χ1) is 6.86. The summed E-state index contributed by atoms with van der Waals surface area (Å²) in [7, 11) is 0. The maximum absolute atomic E-state index is 9.08. The minimum absolute atomic E-state index is 0.0296. The van der Waals surface area contributed by atoms with Crippen LogP contribution in [0.15, 0.2) is 17.8 Å². The molecular formula is C9H13N3OS. The number of rotatable bonds is 5. The van der Waals surface area contributed by atoms with E-state index < -0.39 is 0 Å². The minimum atomic E-state index is -0.0296. The lowest BCUT2D eigenvalue weighted by Gasteiger charge is -2.05. The number of aliphatic hydroxyl groups is 1. The van der Waals surface area contributed by atoms with Crippen molar-refractivity contribution >= 4 is 11.8 Å². The van der Waals surface area contributed by atoms with Crippen molar-refractivity contribution in [2.75, 3.05) is 5.75 Å². The van der Waals surface area contributed by atoms with Gasteiger partial charge in [0.15, 0.2) is 11.0 Å². The lowest BCUT2D eigenvalue weighted by molar-refractivity contribution is 0.263.